The minimum atomic E-state index is -0.822. The van der Waals surface area contributed by atoms with E-state index in [9.17, 15) is 4.79 Å². The second-order valence-corrected chi connectivity index (χ2v) is 5.78. The summed E-state index contributed by atoms with van der Waals surface area (Å²) in [5.41, 5.74) is 7.16. The van der Waals surface area contributed by atoms with Gasteiger partial charge in [-0.15, -0.1) is 0 Å². The van der Waals surface area contributed by atoms with Gasteiger partial charge in [0.2, 0.25) is 5.91 Å². The molecule has 0 aliphatic carbocycles. The molecule has 1 amide bonds. The van der Waals surface area contributed by atoms with E-state index in [1.807, 2.05) is 38.1 Å². The number of ether oxygens (including phenoxy) is 2. The third kappa shape index (κ3) is 4.52. The first-order chi connectivity index (χ1) is 9.99. The molecule has 1 aromatic rings. The zero-order valence-electron chi connectivity index (χ0n) is 12.7. The Morgan fingerprint density at radius 2 is 1.95 bits per heavy atom. The summed E-state index contributed by atoms with van der Waals surface area (Å²) in [5, 5.41) is 2.88. The van der Waals surface area contributed by atoms with Gasteiger partial charge in [0.15, 0.2) is 0 Å². The summed E-state index contributed by atoms with van der Waals surface area (Å²) >= 11 is 0. The summed E-state index contributed by atoms with van der Waals surface area (Å²) in [7, 11) is 0. The standard InChI is InChI=1S/C16H24N2O3/c1-12(2)21-11-13-3-5-14(6-4-13)18-15(19)16(17)7-9-20-10-8-16/h3-6,12H,7-11,17H2,1-2H3,(H,18,19). The Bertz CT molecular complexity index is 465. The number of carbonyl (C=O) groups is 1. The smallest absolute Gasteiger partial charge is 0.244 e. The van der Waals surface area contributed by atoms with Gasteiger partial charge >= 0.3 is 0 Å². The van der Waals surface area contributed by atoms with Gasteiger partial charge in [-0.2, -0.15) is 0 Å². The van der Waals surface area contributed by atoms with Gasteiger partial charge in [0.1, 0.15) is 5.54 Å². The fourth-order valence-electron chi connectivity index (χ4n) is 2.17. The molecule has 2 rings (SSSR count). The van der Waals surface area contributed by atoms with Crippen molar-refractivity contribution in [2.45, 2.75) is 44.9 Å². The van der Waals surface area contributed by atoms with Crippen LogP contribution in [0.4, 0.5) is 5.69 Å². The Balaban J connectivity index is 1.92. The van der Waals surface area contributed by atoms with Crippen LogP contribution in [0.25, 0.3) is 0 Å². The van der Waals surface area contributed by atoms with Crippen molar-refractivity contribution in [3.8, 4) is 0 Å². The lowest BCUT2D eigenvalue weighted by Gasteiger charge is -2.31. The fraction of sp³-hybridized carbons (Fsp3) is 0.562. The fourth-order valence-corrected chi connectivity index (χ4v) is 2.17. The number of carbonyl (C=O) groups excluding carboxylic acids is 1. The van der Waals surface area contributed by atoms with Crippen LogP contribution in [0.3, 0.4) is 0 Å². The molecule has 0 aromatic heterocycles. The molecule has 0 bridgehead atoms. The highest BCUT2D eigenvalue weighted by Gasteiger charge is 2.35. The van der Waals surface area contributed by atoms with Crippen molar-refractivity contribution in [1.82, 2.24) is 0 Å². The summed E-state index contributed by atoms with van der Waals surface area (Å²) in [5.74, 6) is -0.142. The molecule has 0 saturated carbocycles. The number of benzene rings is 1. The van der Waals surface area contributed by atoms with E-state index in [2.05, 4.69) is 5.32 Å². The first kappa shape index (κ1) is 15.9. The number of hydrogen-bond acceptors (Lipinski definition) is 4. The molecule has 1 saturated heterocycles. The molecule has 1 aliphatic heterocycles. The molecule has 116 valence electrons. The maximum absolute atomic E-state index is 12.3. The molecular formula is C16H24N2O3. The van der Waals surface area contributed by atoms with Gasteiger partial charge in [0, 0.05) is 18.9 Å². The lowest BCUT2D eigenvalue weighted by Crippen LogP contribution is -2.54. The van der Waals surface area contributed by atoms with Crippen LogP contribution >= 0.6 is 0 Å². The first-order valence-corrected chi connectivity index (χ1v) is 7.38. The Labute approximate surface area is 125 Å². The lowest BCUT2D eigenvalue weighted by molar-refractivity contribution is -0.124. The maximum Gasteiger partial charge on any atom is 0.244 e. The van der Waals surface area contributed by atoms with Gasteiger partial charge in [-0.1, -0.05) is 12.1 Å². The highest BCUT2D eigenvalue weighted by atomic mass is 16.5. The van der Waals surface area contributed by atoms with E-state index in [1.165, 1.54) is 0 Å². The maximum atomic E-state index is 12.3. The molecule has 5 heteroatoms. The molecule has 1 fully saturated rings. The van der Waals surface area contributed by atoms with E-state index in [0.717, 1.165) is 11.3 Å². The highest BCUT2D eigenvalue weighted by Crippen LogP contribution is 2.20. The van der Waals surface area contributed by atoms with Crippen LogP contribution in [0.2, 0.25) is 0 Å². The number of nitrogens with one attached hydrogen (secondary N) is 1. The van der Waals surface area contributed by atoms with E-state index in [4.69, 9.17) is 15.2 Å². The van der Waals surface area contributed by atoms with Gasteiger partial charge in [-0.3, -0.25) is 4.79 Å². The van der Waals surface area contributed by atoms with Crippen LogP contribution < -0.4 is 11.1 Å². The van der Waals surface area contributed by atoms with Crippen molar-refractivity contribution in [1.29, 1.82) is 0 Å². The quantitative estimate of drug-likeness (QED) is 0.871. The van der Waals surface area contributed by atoms with E-state index < -0.39 is 5.54 Å². The third-order valence-electron chi connectivity index (χ3n) is 3.63. The zero-order chi connectivity index (χ0) is 15.3. The average Bonchev–Trinajstić information content (AvgIpc) is 2.47. The zero-order valence-corrected chi connectivity index (χ0v) is 12.7. The largest absolute Gasteiger partial charge is 0.381 e. The normalized spacial score (nSPS) is 17.7. The van der Waals surface area contributed by atoms with Crippen molar-refractivity contribution >= 4 is 11.6 Å². The van der Waals surface area contributed by atoms with Crippen LogP contribution in [0.1, 0.15) is 32.3 Å². The van der Waals surface area contributed by atoms with E-state index in [1.54, 1.807) is 0 Å². The highest BCUT2D eigenvalue weighted by molar-refractivity contribution is 5.98. The molecule has 0 unspecified atom stereocenters. The summed E-state index contributed by atoms with van der Waals surface area (Å²) in [6.45, 7) is 5.65. The van der Waals surface area contributed by atoms with Crippen LogP contribution in [0.15, 0.2) is 24.3 Å². The van der Waals surface area contributed by atoms with Crippen molar-refractivity contribution in [3.63, 3.8) is 0 Å². The van der Waals surface area contributed by atoms with Crippen molar-refractivity contribution in [2.75, 3.05) is 18.5 Å². The van der Waals surface area contributed by atoms with Gasteiger partial charge in [-0.05, 0) is 44.4 Å². The molecule has 21 heavy (non-hydrogen) atoms. The monoisotopic (exact) mass is 292 g/mol. The number of rotatable bonds is 5. The predicted octanol–water partition coefficient (Wildman–Crippen LogP) is 2.06. The number of nitrogens with two attached hydrogens (primary N) is 1. The van der Waals surface area contributed by atoms with Gasteiger partial charge in [-0.25, -0.2) is 0 Å². The first-order valence-electron chi connectivity index (χ1n) is 7.38. The molecule has 5 nitrogen and oxygen atoms in total. The Hall–Kier alpha value is -1.43. The van der Waals surface area contributed by atoms with Gasteiger partial charge < -0.3 is 20.5 Å². The van der Waals surface area contributed by atoms with Crippen molar-refractivity contribution < 1.29 is 14.3 Å². The number of anilines is 1. The Morgan fingerprint density at radius 3 is 2.52 bits per heavy atom. The van der Waals surface area contributed by atoms with Crippen molar-refractivity contribution in [3.05, 3.63) is 29.8 Å². The van der Waals surface area contributed by atoms with Gasteiger partial charge in [0.25, 0.3) is 0 Å². The topological polar surface area (TPSA) is 73.6 Å². The molecule has 0 atom stereocenters. The minimum Gasteiger partial charge on any atom is -0.381 e. The lowest BCUT2D eigenvalue weighted by atomic mass is 9.90. The molecular weight excluding hydrogens is 268 g/mol. The number of amides is 1. The molecule has 1 heterocycles. The second-order valence-electron chi connectivity index (χ2n) is 5.78. The third-order valence-corrected chi connectivity index (χ3v) is 3.63. The molecule has 1 aromatic carbocycles. The minimum absolute atomic E-state index is 0.142. The predicted molar refractivity (Wildman–Crippen MR) is 82.0 cm³/mol. The van der Waals surface area contributed by atoms with Crippen molar-refractivity contribution in [2.24, 2.45) is 5.73 Å². The van der Waals surface area contributed by atoms with Crippen LogP contribution in [-0.2, 0) is 20.9 Å². The second kappa shape index (κ2) is 7.02. The van der Waals surface area contributed by atoms with Crippen LogP contribution in [-0.4, -0.2) is 30.8 Å². The summed E-state index contributed by atoms with van der Waals surface area (Å²) < 4.78 is 10.8. The summed E-state index contributed by atoms with van der Waals surface area (Å²) in [6, 6.07) is 7.65. The average molecular weight is 292 g/mol. The molecule has 0 radical (unpaired) electrons. The Kier molecular flexibility index (Phi) is 5.33. The van der Waals surface area contributed by atoms with E-state index >= 15 is 0 Å². The van der Waals surface area contributed by atoms with Crippen LogP contribution in [0.5, 0.6) is 0 Å². The summed E-state index contributed by atoms with van der Waals surface area (Å²) in [4.78, 5) is 12.3. The SMILES string of the molecule is CC(C)OCc1ccc(NC(=O)C2(N)CCOCC2)cc1. The Morgan fingerprint density at radius 1 is 1.33 bits per heavy atom. The van der Waals surface area contributed by atoms with Crippen LogP contribution in [0, 0.1) is 0 Å². The number of hydrogen-bond donors (Lipinski definition) is 2. The summed E-state index contributed by atoms with van der Waals surface area (Å²) in [6.07, 6.45) is 1.31. The van der Waals surface area contributed by atoms with E-state index in [-0.39, 0.29) is 12.0 Å². The molecule has 3 N–H and O–H groups in total. The molecule has 0 spiro atoms. The van der Waals surface area contributed by atoms with E-state index in [0.29, 0.717) is 32.7 Å². The van der Waals surface area contributed by atoms with Gasteiger partial charge in [0.05, 0.1) is 12.7 Å². The molecule has 1 aliphatic rings.